The number of carbonyl (C=O) groups is 5. The number of nitrogens with two attached hydrogens (primary N) is 4. The lowest BCUT2D eigenvalue weighted by Gasteiger charge is -2.09. The molecule has 142 heavy (non-hydrogen) atoms. The van der Waals surface area contributed by atoms with Crippen molar-refractivity contribution in [3.8, 4) is 0 Å². The van der Waals surface area contributed by atoms with Gasteiger partial charge in [0.2, 0.25) is 29.2 Å². The highest BCUT2D eigenvalue weighted by molar-refractivity contribution is 5.88. The molecule has 37 heteroatoms. The summed E-state index contributed by atoms with van der Waals surface area (Å²) in [6, 6.07) is 6.11. The number of amidine groups is 2. The molecule has 6 aromatic rings. The van der Waals surface area contributed by atoms with Crippen LogP contribution in [0.2, 0.25) is 0 Å². The van der Waals surface area contributed by atoms with Crippen molar-refractivity contribution >= 4 is 46.8 Å². The zero-order chi connectivity index (χ0) is 113. The number of tetrazole rings is 3. The van der Waals surface area contributed by atoms with Crippen molar-refractivity contribution < 1.29 is 34.2 Å². The number of aliphatic hydroxyl groups excluding tert-OH is 2. The van der Waals surface area contributed by atoms with E-state index >= 15 is 0 Å². The summed E-state index contributed by atoms with van der Waals surface area (Å²) in [7, 11) is 0. The fourth-order valence-corrected chi connectivity index (χ4v) is 7.42. The molecule has 0 spiro atoms. The van der Waals surface area contributed by atoms with Gasteiger partial charge in [-0.2, -0.15) is 20.8 Å². The number of allylic oxidation sites excluding steroid dienone is 4. The van der Waals surface area contributed by atoms with Crippen LogP contribution in [-0.2, 0) is 24.0 Å². The summed E-state index contributed by atoms with van der Waals surface area (Å²) in [5.74, 6) is 14.4. The summed E-state index contributed by atoms with van der Waals surface area (Å²) in [5.41, 5.74) is 24.2. The van der Waals surface area contributed by atoms with Crippen LogP contribution < -0.4 is 44.4 Å². The van der Waals surface area contributed by atoms with Crippen molar-refractivity contribution in [2.75, 3.05) is 6.54 Å². The van der Waals surface area contributed by atoms with E-state index < -0.39 is 6.23 Å². The topological polar surface area (TPSA) is 581 Å². The van der Waals surface area contributed by atoms with Gasteiger partial charge in [-0.25, -0.2) is 9.97 Å². The summed E-state index contributed by atoms with van der Waals surface area (Å²) in [6.07, 6.45) is 14.6. The monoisotopic (exact) mass is 2000 g/mol. The van der Waals surface area contributed by atoms with Crippen LogP contribution in [0.4, 0.5) is 0 Å². The Balaban J connectivity index is -0.000000163. The van der Waals surface area contributed by atoms with E-state index in [9.17, 15) is 28.8 Å². The Hall–Kier alpha value is -10.9. The molecule has 0 bridgehead atoms. The van der Waals surface area contributed by atoms with Gasteiger partial charge < -0.3 is 64.1 Å². The summed E-state index contributed by atoms with van der Waals surface area (Å²) < 4.78 is 0. The van der Waals surface area contributed by atoms with E-state index in [4.69, 9.17) is 33.1 Å². The maximum absolute atomic E-state index is 11.0. The Morgan fingerprint density at radius 2 is 0.782 bits per heavy atom. The van der Waals surface area contributed by atoms with E-state index in [1.807, 2.05) is 205 Å². The molecular formula is C105H209N29O8. The normalized spacial score (nSPS) is 12.1. The number of nitrogens with zero attached hydrogens (tertiary/aromatic N) is 16. The number of primary amides is 2. The minimum Gasteiger partial charge on any atom is -0.512 e. The largest absolute Gasteiger partial charge is 0.512 e. The third-order valence-corrected chi connectivity index (χ3v) is 16.2. The first kappa shape index (κ1) is 151. The lowest BCUT2D eigenvalue weighted by molar-refractivity contribution is -0.125. The number of Topliss-reactive ketones (excluding diaryl/α,β-unsaturated/α-hetero) is 1. The maximum atomic E-state index is 11.0. The number of aromatic nitrogens is 17. The Morgan fingerprint density at radius 3 is 0.887 bits per heavy atom. The fraction of sp³-hybridized carbons (Fsp3) is 0.733. The third-order valence-electron chi connectivity index (χ3n) is 16.2. The number of aliphatic imine (C=N–C) groups is 2. The molecule has 6 aromatic heterocycles. The lowest BCUT2D eigenvalue weighted by Crippen LogP contribution is -2.33. The van der Waals surface area contributed by atoms with Gasteiger partial charge in [-0.1, -0.05) is 319 Å². The second-order valence-electron chi connectivity index (χ2n) is 41.6. The second-order valence-corrected chi connectivity index (χ2v) is 41.6. The number of ketones is 1. The predicted molar refractivity (Wildman–Crippen MR) is 593 cm³/mol. The summed E-state index contributed by atoms with van der Waals surface area (Å²) in [5, 5.41) is 77.1. The Morgan fingerprint density at radius 1 is 0.444 bits per heavy atom. The van der Waals surface area contributed by atoms with Gasteiger partial charge in [0.25, 0.3) is 0 Å². The van der Waals surface area contributed by atoms with Crippen LogP contribution in [0.25, 0.3) is 0 Å². The average Bonchev–Trinajstić information content (AvgIpc) is 1.75. The maximum Gasteiger partial charge on any atom is 0.247 e. The van der Waals surface area contributed by atoms with E-state index in [1.165, 1.54) is 17.5 Å². The first-order valence-electron chi connectivity index (χ1n) is 50.6. The molecule has 1 atom stereocenters. The van der Waals surface area contributed by atoms with Crippen LogP contribution in [0.1, 0.15) is 435 Å². The number of aliphatic hydroxyl groups is 2. The molecule has 2 aliphatic heterocycles. The minimum atomic E-state index is -0.481. The number of rotatable bonds is 23. The molecule has 4 amide bonds. The Kier molecular flexibility index (Phi) is 98.6. The molecule has 0 saturated carbocycles. The van der Waals surface area contributed by atoms with Crippen LogP contribution in [0.5, 0.6) is 0 Å². The van der Waals surface area contributed by atoms with Gasteiger partial charge in [-0.15, -0.1) is 35.7 Å². The van der Waals surface area contributed by atoms with Crippen molar-refractivity contribution in [3.05, 3.63) is 124 Å². The molecule has 37 nitrogen and oxygen atoms in total. The zero-order valence-electron chi connectivity index (χ0n) is 98.0. The molecule has 0 aliphatic carbocycles. The average molecular weight is 2010 g/mol. The molecule has 822 valence electrons. The fourth-order valence-electron chi connectivity index (χ4n) is 7.42. The number of carbonyl (C=O) groups excluding carboxylic acids is 5. The van der Waals surface area contributed by atoms with Gasteiger partial charge in [-0.3, -0.25) is 38.8 Å². The summed E-state index contributed by atoms with van der Waals surface area (Å²) in [6.45, 7) is 102. The highest BCUT2D eigenvalue weighted by atomic mass is 16.3. The Bertz CT molecular complexity index is 3850. The van der Waals surface area contributed by atoms with E-state index in [-0.39, 0.29) is 76.8 Å². The van der Waals surface area contributed by atoms with Gasteiger partial charge in [0.05, 0.1) is 23.1 Å². The SMILES string of the molecule is CC(C)/C=C(\O)C(C)C.CC(C)C.CC(C)C.CC(C)C(N)=O.CC(C)C(N)=O.CC(C)C1=NN=NC1.CC(C)CC(=O)C(C)C.CC(C)N=C(N)C(C)C.CC(C)N=C(N)C(C)C.CC(C)NC(=O)C(C)C.CC(C)NC(=O)C(C)C.CC(C)c1cnc(C(C)C)[nH]1.CC(C)c1cnc(C(C)C)[nH]1.CC(C)c1nn[nH]n1.CC(C)c1nn[nH]n1.CC(C)c1nn[nH]n1.O=c1cccc[nH]1.OC1C=CC=CN1. The first-order chi connectivity index (χ1) is 65.2. The molecule has 0 radical (unpaired) electrons. The van der Waals surface area contributed by atoms with Crippen LogP contribution >= 0.6 is 0 Å². The van der Waals surface area contributed by atoms with Crippen molar-refractivity contribution in [1.82, 2.24) is 103 Å². The van der Waals surface area contributed by atoms with Crippen LogP contribution in [0, 0.1) is 76.9 Å². The number of nitrogens with one attached hydrogen (secondary N) is 9. The number of dihydropyridines is 1. The highest BCUT2D eigenvalue weighted by Gasteiger charge is 2.14. The van der Waals surface area contributed by atoms with E-state index in [1.54, 1.807) is 64.4 Å². The summed E-state index contributed by atoms with van der Waals surface area (Å²) >= 11 is 0. The summed E-state index contributed by atoms with van der Waals surface area (Å²) in [4.78, 5) is 88.7. The van der Waals surface area contributed by atoms with Crippen LogP contribution in [0.15, 0.2) is 103 Å². The lowest BCUT2D eigenvalue weighted by atomic mass is 9.99. The van der Waals surface area contributed by atoms with Crippen LogP contribution in [-0.4, -0.2) is 181 Å². The molecule has 19 N–H and O–H groups in total. The number of H-pyrrole nitrogens is 6. The second kappa shape index (κ2) is 92.5. The van der Waals surface area contributed by atoms with Gasteiger partial charge in [-0.05, 0) is 133 Å². The molecule has 2 aliphatic rings. The number of imidazole rings is 2. The molecule has 8 heterocycles. The quantitative estimate of drug-likeness (QED) is 0.0161. The van der Waals surface area contributed by atoms with Crippen molar-refractivity contribution in [2.24, 2.45) is 125 Å². The van der Waals surface area contributed by atoms with Crippen LogP contribution in [0.3, 0.4) is 0 Å². The van der Waals surface area contributed by atoms with Crippen molar-refractivity contribution in [3.63, 3.8) is 0 Å². The van der Waals surface area contributed by atoms with E-state index in [0.717, 1.165) is 64.8 Å². The van der Waals surface area contributed by atoms with Gasteiger partial charge >= 0.3 is 0 Å². The molecule has 0 fully saturated rings. The standard InChI is InChI=1S/2C9H16N2.2C8H16O.2C7H16N2.2C7H15NO.C5H9N3.C5H7NO.C5H5NO.3C4H8N4.2C4H9NO.2C4H10/c2*1-6(2)8-5-10-9(11-8)7(3)4;2*1-6(2)5-8(9)7(3)4;2*1-5(2)7(8)9-6(3)4;2*1-5(2)7(9)8-6(3)4;1-4(2)5-3-6-8-7-5;2*7-5-3-1-2-4-6-5;3*1-3(2)4-5-7-8-6-4;2*1-3(2)4(5)6;2*1-4(2)3/h2*5-7H,1-4H3,(H,10,11);6-7H,5H2,1-4H3;5-7,9H,1-4H3;2*5-6H,1-4H3,(H2,8,9);2*5-6H,1-4H3,(H,8,9);4H,3H2,1-2H3;1-7H;1-4H,(H,6,7);3*3H,1-2H3,(H,5,6,7,8);2*3H,1-2H3,(H2,5,6);2*4H,1-3H3/b;;;8-5-;;;;;;;;;;;;;;. The minimum absolute atomic E-state index is 0.00926. The van der Waals surface area contributed by atoms with Crippen molar-refractivity contribution in [2.45, 2.75) is 424 Å². The van der Waals surface area contributed by atoms with Crippen molar-refractivity contribution in [1.29, 1.82) is 0 Å². The van der Waals surface area contributed by atoms with Gasteiger partial charge in [0, 0.05) is 144 Å². The van der Waals surface area contributed by atoms with Gasteiger partial charge in [0.1, 0.15) is 30.2 Å². The molecule has 8 rings (SSSR count). The molecule has 0 saturated heterocycles. The number of hydrogen-bond acceptors (Lipinski definition) is 25. The molecular weight excluding hydrogens is 1800 g/mol. The smallest absolute Gasteiger partial charge is 0.247 e. The zero-order valence-corrected chi connectivity index (χ0v) is 98.0. The first-order valence-corrected chi connectivity index (χ1v) is 50.6. The highest BCUT2D eigenvalue weighted by Crippen LogP contribution is 2.18. The third kappa shape index (κ3) is 110. The predicted octanol–water partition coefficient (Wildman–Crippen LogP) is 21.8. The van der Waals surface area contributed by atoms with E-state index in [0.29, 0.717) is 101 Å². The number of pyridine rings is 1. The number of hydrogen-bond donors (Lipinski definition) is 15. The Labute approximate surface area is 859 Å². The van der Waals surface area contributed by atoms with Gasteiger partial charge in [0.15, 0.2) is 17.5 Å². The van der Waals surface area contributed by atoms with E-state index in [2.05, 4.69) is 267 Å². The number of amides is 4. The molecule has 1 unspecified atom stereocenters. The number of aromatic amines is 6. The molecule has 0 aromatic carbocycles.